The maximum Gasteiger partial charge on any atom is 0.416 e. The number of sulfonamides is 1. The molecule has 0 radical (unpaired) electrons. The van der Waals surface area contributed by atoms with Gasteiger partial charge in [0.05, 0.1) is 35.1 Å². The molecule has 0 aliphatic carbocycles. The van der Waals surface area contributed by atoms with E-state index in [1.165, 1.54) is 9.10 Å². The van der Waals surface area contributed by atoms with E-state index in [4.69, 9.17) is 0 Å². The molecule has 1 aromatic carbocycles. The minimum absolute atomic E-state index is 0.159. The van der Waals surface area contributed by atoms with Crippen molar-refractivity contribution in [2.45, 2.75) is 23.7 Å². The monoisotopic (exact) mass is 413 g/mol. The van der Waals surface area contributed by atoms with Crippen molar-refractivity contribution in [1.82, 2.24) is 34.3 Å². The Morgan fingerprint density at radius 1 is 1.07 bits per heavy atom. The first kappa shape index (κ1) is 18.6. The van der Waals surface area contributed by atoms with Crippen LogP contribution in [0.4, 0.5) is 13.2 Å². The van der Waals surface area contributed by atoms with E-state index in [0.29, 0.717) is 12.2 Å². The van der Waals surface area contributed by atoms with Gasteiger partial charge < -0.3 is 0 Å². The molecule has 2 aromatic heterocycles. The Morgan fingerprint density at radius 2 is 1.71 bits per heavy atom. The van der Waals surface area contributed by atoms with Gasteiger partial charge in [-0.05, 0) is 24.3 Å². The molecule has 0 spiro atoms. The third kappa shape index (κ3) is 3.49. The predicted octanol–water partition coefficient (Wildman–Crippen LogP) is 1.18. The molecule has 13 heteroatoms. The van der Waals surface area contributed by atoms with Crippen molar-refractivity contribution in [3.05, 3.63) is 54.1 Å². The molecule has 0 amide bonds. The van der Waals surface area contributed by atoms with Gasteiger partial charge in [-0.25, -0.2) is 13.1 Å². The molecule has 3 aromatic rings. The summed E-state index contributed by atoms with van der Waals surface area (Å²) in [4.78, 5) is 1.26. The van der Waals surface area contributed by atoms with E-state index in [2.05, 4.69) is 20.5 Å². The lowest BCUT2D eigenvalue weighted by Gasteiger charge is -2.37. The second-order valence-corrected chi connectivity index (χ2v) is 8.19. The minimum Gasteiger partial charge on any atom is -0.246 e. The fourth-order valence-corrected chi connectivity index (χ4v) is 4.29. The third-order valence-electron chi connectivity index (χ3n) is 4.35. The summed E-state index contributed by atoms with van der Waals surface area (Å²) in [6.45, 7) is 0.658. The van der Waals surface area contributed by atoms with E-state index in [0.717, 1.165) is 24.3 Å². The highest BCUT2D eigenvalue weighted by atomic mass is 32.2. The lowest BCUT2D eigenvalue weighted by atomic mass is 10.2. The highest BCUT2D eigenvalue weighted by Gasteiger charge is 2.39. The van der Waals surface area contributed by atoms with Crippen LogP contribution in [0.2, 0.25) is 0 Å². The van der Waals surface area contributed by atoms with Crippen LogP contribution in [0.1, 0.15) is 17.3 Å². The molecule has 1 fully saturated rings. The van der Waals surface area contributed by atoms with Gasteiger partial charge in [-0.2, -0.15) is 32.5 Å². The van der Waals surface area contributed by atoms with E-state index >= 15 is 0 Å². The molecule has 0 N–H and O–H groups in total. The van der Waals surface area contributed by atoms with Gasteiger partial charge >= 0.3 is 6.18 Å². The zero-order valence-electron chi connectivity index (χ0n) is 14.2. The van der Waals surface area contributed by atoms with Crippen LogP contribution in [-0.2, 0) is 22.7 Å². The van der Waals surface area contributed by atoms with Gasteiger partial charge in [-0.1, -0.05) is 5.21 Å². The van der Waals surface area contributed by atoms with Crippen LogP contribution in [-0.4, -0.2) is 55.8 Å². The summed E-state index contributed by atoms with van der Waals surface area (Å²) < 4.78 is 65.7. The molecule has 1 aliphatic rings. The van der Waals surface area contributed by atoms with Gasteiger partial charge in [0, 0.05) is 13.1 Å². The lowest BCUT2D eigenvalue weighted by Crippen LogP contribution is -2.50. The molecule has 1 aliphatic heterocycles. The number of hydrogen-bond acceptors (Lipinski definition) is 6. The summed E-state index contributed by atoms with van der Waals surface area (Å²) >= 11 is 0. The number of benzene rings is 1. The van der Waals surface area contributed by atoms with E-state index in [9.17, 15) is 21.6 Å². The number of nitrogens with zero attached hydrogens (tertiary/aromatic N) is 7. The van der Waals surface area contributed by atoms with E-state index < -0.39 is 21.8 Å². The van der Waals surface area contributed by atoms with Crippen molar-refractivity contribution < 1.29 is 21.6 Å². The maximum absolute atomic E-state index is 12.6. The van der Waals surface area contributed by atoms with Crippen molar-refractivity contribution in [3.63, 3.8) is 0 Å². The van der Waals surface area contributed by atoms with Crippen LogP contribution in [0.15, 0.2) is 47.8 Å². The van der Waals surface area contributed by atoms with Gasteiger partial charge in [0.25, 0.3) is 0 Å². The van der Waals surface area contributed by atoms with Gasteiger partial charge in [0.15, 0.2) is 0 Å². The zero-order valence-corrected chi connectivity index (χ0v) is 15.0. The Labute approximate surface area is 157 Å². The summed E-state index contributed by atoms with van der Waals surface area (Å²) in [5.41, 5.74) is -0.269. The molecule has 28 heavy (non-hydrogen) atoms. The average molecular weight is 413 g/mol. The largest absolute Gasteiger partial charge is 0.416 e. The Kier molecular flexibility index (Phi) is 4.42. The number of rotatable bonds is 5. The SMILES string of the molecule is O=S(=O)(c1ccc(C(F)(F)F)cc1)N1CC(n2cc(Cn3nccn3)nn2)C1. The summed E-state index contributed by atoms with van der Waals surface area (Å²) in [7, 11) is -3.86. The normalized spacial score (nSPS) is 16.2. The van der Waals surface area contributed by atoms with E-state index in [1.54, 1.807) is 23.3 Å². The van der Waals surface area contributed by atoms with Crippen LogP contribution < -0.4 is 0 Å². The van der Waals surface area contributed by atoms with Crippen molar-refractivity contribution in [1.29, 1.82) is 0 Å². The van der Waals surface area contributed by atoms with Crippen LogP contribution >= 0.6 is 0 Å². The van der Waals surface area contributed by atoms with Crippen molar-refractivity contribution in [3.8, 4) is 0 Å². The van der Waals surface area contributed by atoms with Gasteiger partial charge in [-0.15, -0.1) is 5.10 Å². The van der Waals surface area contributed by atoms with Crippen molar-refractivity contribution in [2.75, 3.05) is 13.1 Å². The van der Waals surface area contributed by atoms with Gasteiger partial charge in [0.1, 0.15) is 12.2 Å². The molecule has 148 valence electrons. The maximum atomic E-state index is 12.6. The van der Waals surface area contributed by atoms with Crippen LogP contribution in [0.25, 0.3) is 0 Å². The Bertz CT molecular complexity index is 1060. The molecule has 1 saturated heterocycles. The molecule has 0 atom stereocenters. The number of halogens is 3. The summed E-state index contributed by atoms with van der Waals surface area (Å²) in [6.07, 6.45) is 0.261. The first-order chi connectivity index (χ1) is 13.2. The first-order valence-corrected chi connectivity index (χ1v) is 9.60. The Hall–Kier alpha value is -2.80. The fourth-order valence-electron chi connectivity index (χ4n) is 2.78. The quantitative estimate of drug-likeness (QED) is 0.623. The third-order valence-corrected chi connectivity index (χ3v) is 6.20. The molecule has 0 bridgehead atoms. The molecule has 0 unspecified atom stereocenters. The number of alkyl halides is 3. The summed E-state index contributed by atoms with van der Waals surface area (Å²) in [5.74, 6) is 0. The Morgan fingerprint density at radius 3 is 2.32 bits per heavy atom. The van der Waals surface area contributed by atoms with Crippen LogP contribution in [0.5, 0.6) is 0 Å². The number of hydrogen-bond donors (Lipinski definition) is 0. The van der Waals surface area contributed by atoms with Crippen molar-refractivity contribution >= 4 is 10.0 Å². The second kappa shape index (κ2) is 6.67. The summed E-state index contributed by atoms with van der Waals surface area (Å²) in [5, 5.41) is 15.9. The minimum atomic E-state index is -4.51. The average Bonchev–Trinajstić information content (AvgIpc) is 3.25. The first-order valence-electron chi connectivity index (χ1n) is 8.16. The van der Waals surface area contributed by atoms with Crippen LogP contribution in [0, 0.1) is 0 Å². The van der Waals surface area contributed by atoms with E-state index in [1.807, 2.05) is 0 Å². The standard InChI is InChI=1S/C15H14F3N7O2S/c16-15(17,18)11-1-3-14(4-2-11)28(26,27)23-9-13(10-23)24-7-12(21-22-24)8-25-19-5-6-20-25/h1-7,13H,8-10H2. The molecule has 4 rings (SSSR count). The topological polar surface area (TPSA) is 98.8 Å². The molecule has 0 saturated carbocycles. The predicted molar refractivity (Wildman–Crippen MR) is 88.4 cm³/mol. The van der Waals surface area contributed by atoms with E-state index in [-0.39, 0.29) is 24.0 Å². The molecular formula is C15H14F3N7O2S. The lowest BCUT2D eigenvalue weighted by molar-refractivity contribution is -0.137. The fraction of sp³-hybridized carbons (Fsp3) is 0.333. The smallest absolute Gasteiger partial charge is 0.246 e. The Balaban J connectivity index is 1.41. The molecule has 9 nitrogen and oxygen atoms in total. The van der Waals surface area contributed by atoms with Gasteiger partial charge in [-0.3, -0.25) is 0 Å². The molecular weight excluding hydrogens is 399 g/mol. The number of aromatic nitrogens is 6. The zero-order chi connectivity index (χ0) is 19.9. The summed E-state index contributed by atoms with van der Waals surface area (Å²) in [6, 6.07) is 3.26. The molecule has 3 heterocycles. The van der Waals surface area contributed by atoms with Crippen molar-refractivity contribution in [2.24, 2.45) is 0 Å². The second-order valence-electron chi connectivity index (χ2n) is 6.25. The highest BCUT2D eigenvalue weighted by Crippen LogP contribution is 2.32. The highest BCUT2D eigenvalue weighted by molar-refractivity contribution is 7.89. The van der Waals surface area contributed by atoms with Gasteiger partial charge in [0.2, 0.25) is 10.0 Å². The van der Waals surface area contributed by atoms with Crippen LogP contribution in [0.3, 0.4) is 0 Å².